The maximum Gasteiger partial charge on any atom is 0.160 e. The Balaban J connectivity index is 2.62. The highest BCUT2D eigenvalue weighted by Gasteiger charge is 2.14. The molecule has 0 aliphatic rings. The Morgan fingerprint density at radius 2 is 2.25 bits per heavy atom. The monoisotopic (exact) mass is 301 g/mol. The maximum absolute atomic E-state index is 5.95. The first-order valence-corrected chi connectivity index (χ1v) is 5.64. The normalized spacial score (nSPS) is 10.4. The van der Waals surface area contributed by atoms with E-state index in [1.165, 1.54) is 0 Å². The van der Waals surface area contributed by atoms with Crippen LogP contribution in [0, 0.1) is 0 Å². The van der Waals surface area contributed by atoms with Gasteiger partial charge in [-0.25, -0.2) is 0 Å². The zero-order chi connectivity index (χ0) is 11.7. The van der Waals surface area contributed by atoms with Gasteiger partial charge in [0, 0.05) is 10.6 Å². The molecule has 1 aromatic heterocycles. The number of nitrogens with zero attached hydrogens (tertiary/aromatic N) is 1. The second-order valence-corrected chi connectivity index (χ2v) is 4.37. The fourth-order valence-corrected chi connectivity index (χ4v) is 1.96. The van der Waals surface area contributed by atoms with Crippen molar-refractivity contribution in [3.05, 3.63) is 27.7 Å². The van der Waals surface area contributed by atoms with E-state index in [4.69, 9.17) is 22.1 Å². The van der Waals surface area contributed by atoms with Gasteiger partial charge in [-0.3, -0.25) is 5.10 Å². The Morgan fingerprint density at radius 3 is 2.81 bits per heavy atom. The third-order valence-electron chi connectivity index (χ3n) is 2.16. The van der Waals surface area contributed by atoms with E-state index >= 15 is 0 Å². The summed E-state index contributed by atoms with van der Waals surface area (Å²) in [5, 5.41) is 7.36. The molecule has 4 nitrogen and oxygen atoms in total. The number of rotatable bonds is 2. The van der Waals surface area contributed by atoms with Crippen molar-refractivity contribution >= 4 is 33.3 Å². The van der Waals surface area contributed by atoms with Crippen molar-refractivity contribution in [3.63, 3.8) is 0 Å². The third-order valence-corrected chi connectivity index (χ3v) is 3.20. The summed E-state index contributed by atoms with van der Waals surface area (Å²) >= 11 is 9.30. The number of aromatic nitrogens is 2. The topological polar surface area (TPSA) is 63.9 Å². The van der Waals surface area contributed by atoms with Crippen LogP contribution in [-0.4, -0.2) is 17.3 Å². The van der Waals surface area contributed by atoms with Crippen LogP contribution in [0.2, 0.25) is 5.02 Å². The summed E-state index contributed by atoms with van der Waals surface area (Å²) in [6.45, 7) is 0. The van der Waals surface area contributed by atoms with E-state index in [9.17, 15) is 0 Å². The van der Waals surface area contributed by atoms with E-state index in [-0.39, 0.29) is 0 Å². The number of hydrogen-bond acceptors (Lipinski definition) is 3. The second kappa shape index (κ2) is 4.35. The lowest BCUT2D eigenvalue weighted by molar-refractivity contribution is 0.416. The van der Waals surface area contributed by atoms with Gasteiger partial charge in [0.05, 0.1) is 17.3 Å². The lowest BCUT2D eigenvalue weighted by Crippen LogP contribution is -1.88. The number of halogens is 2. The lowest BCUT2D eigenvalue weighted by Gasteiger charge is -2.07. The molecule has 0 radical (unpaired) electrons. The average Bonchev–Trinajstić information content (AvgIpc) is 2.60. The number of nitrogens with one attached hydrogen (secondary N) is 1. The maximum atomic E-state index is 5.95. The molecule has 84 valence electrons. The van der Waals surface area contributed by atoms with E-state index in [2.05, 4.69) is 26.1 Å². The van der Waals surface area contributed by atoms with Gasteiger partial charge in [-0.05, 0) is 34.1 Å². The number of H-pyrrole nitrogens is 1. The summed E-state index contributed by atoms with van der Waals surface area (Å²) in [5.74, 6) is 1.10. The molecule has 0 aliphatic carbocycles. The molecule has 1 heterocycles. The quantitative estimate of drug-likeness (QED) is 0.896. The van der Waals surface area contributed by atoms with Crippen molar-refractivity contribution in [3.8, 4) is 17.0 Å². The van der Waals surface area contributed by atoms with E-state index in [1.54, 1.807) is 25.3 Å². The first-order valence-electron chi connectivity index (χ1n) is 4.46. The van der Waals surface area contributed by atoms with Crippen molar-refractivity contribution in [1.82, 2.24) is 10.2 Å². The number of ether oxygens (including phenoxy) is 1. The zero-order valence-electron chi connectivity index (χ0n) is 8.42. The summed E-state index contributed by atoms with van der Waals surface area (Å²) in [4.78, 5) is 0. The molecule has 3 N–H and O–H groups in total. The molecule has 0 aliphatic heterocycles. The molecule has 0 saturated carbocycles. The predicted molar refractivity (Wildman–Crippen MR) is 67.7 cm³/mol. The molecule has 0 amide bonds. The van der Waals surface area contributed by atoms with E-state index < -0.39 is 0 Å². The van der Waals surface area contributed by atoms with Crippen LogP contribution in [0.25, 0.3) is 11.3 Å². The van der Waals surface area contributed by atoms with E-state index in [0.717, 1.165) is 11.3 Å². The molecule has 2 rings (SSSR count). The molecular formula is C10H9BrClN3O. The first-order chi connectivity index (χ1) is 7.63. The number of anilines is 1. The number of benzene rings is 1. The molecule has 0 unspecified atom stereocenters. The van der Waals surface area contributed by atoms with Gasteiger partial charge in [0.25, 0.3) is 0 Å². The SMILES string of the molecule is COc1ccc(Cl)cc1-c1[nH]nc(N)c1Br. The fraction of sp³-hybridized carbons (Fsp3) is 0.100. The standard InChI is InChI=1S/C10H9BrClN3O/c1-16-7-3-2-5(12)4-6(7)9-8(11)10(13)15-14-9/h2-4H,1H3,(H3,13,14,15). The third kappa shape index (κ3) is 1.88. The predicted octanol–water partition coefficient (Wildman–Crippen LogP) is 3.08. The Kier molecular flexibility index (Phi) is 3.07. The minimum absolute atomic E-state index is 0.400. The number of methoxy groups -OCH3 is 1. The summed E-state index contributed by atoms with van der Waals surface area (Å²) in [6.07, 6.45) is 0. The molecule has 0 atom stereocenters. The van der Waals surface area contributed by atoms with Gasteiger partial charge in [-0.15, -0.1) is 0 Å². The molecule has 16 heavy (non-hydrogen) atoms. The number of aromatic amines is 1. The molecule has 0 bridgehead atoms. The number of nitrogens with two attached hydrogens (primary N) is 1. The van der Waals surface area contributed by atoms with Gasteiger partial charge in [-0.1, -0.05) is 11.6 Å². The minimum atomic E-state index is 0.400. The van der Waals surface area contributed by atoms with Gasteiger partial charge < -0.3 is 10.5 Å². The highest BCUT2D eigenvalue weighted by Crippen LogP contribution is 2.37. The Hall–Kier alpha value is -1.20. The molecule has 6 heteroatoms. The van der Waals surface area contributed by atoms with Crippen LogP contribution < -0.4 is 10.5 Å². The zero-order valence-corrected chi connectivity index (χ0v) is 10.8. The molecule has 0 fully saturated rings. The van der Waals surface area contributed by atoms with Gasteiger partial charge in [0.1, 0.15) is 5.75 Å². The van der Waals surface area contributed by atoms with Crippen LogP contribution in [0.15, 0.2) is 22.7 Å². The number of hydrogen-bond donors (Lipinski definition) is 2. The van der Waals surface area contributed by atoms with Crippen LogP contribution in [-0.2, 0) is 0 Å². The van der Waals surface area contributed by atoms with Crippen LogP contribution in [0.1, 0.15) is 0 Å². The largest absolute Gasteiger partial charge is 0.496 e. The van der Waals surface area contributed by atoms with Crippen LogP contribution in [0.3, 0.4) is 0 Å². The van der Waals surface area contributed by atoms with Gasteiger partial charge >= 0.3 is 0 Å². The van der Waals surface area contributed by atoms with Crippen LogP contribution in [0.5, 0.6) is 5.75 Å². The molecule has 2 aromatic rings. The fourth-order valence-electron chi connectivity index (χ4n) is 1.40. The summed E-state index contributed by atoms with van der Waals surface area (Å²) in [6, 6.07) is 5.34. The van der Waals surface area contributed by atoms with Crippen molar-refractivity contribution in [2.24, 2.45) is 0 Å². The van der Waals surface area contributed by atoms with Crippen molar-refractivity contribution in [2.45, 2.75) is 0 Å². The smallest absolute Gasteiger partial charge is 0.160 e. The minimum Gasteiger partial charge on any atom is -0.496 e. The molecular weight excluding hydrogens is 293 g/mol. The van der Waals surface area contributed by atoms with E-state index in [1.807, 2.05) is 0 Å². The Labute approximate surface area is 106 Å². The average molecular weight is 303 g/mol. The van der Waals surface area contributed by atoms with Gasteiger partial charge in [-0.2, -0.15) is 5.10 Å². The van der Waals surface area contributed by atoms with Crippen molar-refractivity contribution in [2.75, 3.05) is 12.8 Å². The number of nitrogen functional groups attached to an aromatic ring is 1. The van der Waals surface area contributed by atoms with Gasteiger partial charge in [0.2, 0.25) is 0 Å². The van der Waals surface area contributed by atoms with Crippen LogP contribution in [0.4, 0.5) is 5.82 Å². The highest BCUT2D eigenvalue weighted by atomic mass is 79.9. The second-order valence-electron chi connectivity index (χ2n) is 3.14. The molecule has 0 saturated heterocycles. The van der Waals surface area contributed by atoms with Crippen molar-refractivity contribution < 1.29 is 4.74 Å². The molecule has 0 spiro atoms. The molecule has 1 aromatic carbocycles. The van der Waals surface area contributed by atoms with Gasteiger partial charge in [0.15, 0.2) is 5.82 Å². The summed E-state index contributed by atoms with van der Waals surface area (Å²) in [7, 11) is 1.60. The first kappa shape index (κ1) is 11.3. The van der Waals surface area contributed by atoms with Crippen molar-refractivity contribution in [1.29, 1.82) is 0 Å². The highest BCUT2D eigenvalue weighted by molar-refractivity contribution is 9.10. The Bertz CT molecular complexity index is 527. The Morgan fingerprint density at radius 1 is 1.50 bits per heavy atom. The summed E-state index contributed by atoms with van der Waals surface area (Å²) < 4.78 is 5.95. The lowest BCUT2D eigenvalue weighted by atomic mass is 10.1. The summed E-state index contributed by atoms with van der Waals surface area (Å²) in [5.41, 5.74) is 7.20. The van der Waals surface area contributed by atoms with Crippen LogP contribution >= 0.6 is 27.5 Å². The van der Waals surface area contributed by atoms with E-state index in [0.29, 0.717) is 21.1 Å².